The van der Waals surface area contributed by atoms with Crippen LogP contribution >= 0.6 is 0 Å². The van der Waals surface area contributed by atoms with E-state index in [9.17, 15) is 4.79 Å². The summed E-state index contributed by atoms with van der Waals surface area (Å²) in [6, 6.07) is 22.1. The minimum Gasteiger partial charge on any atom is -0.465 e. The highest BCUT2D eigenvalue weighted by molar-refractivity contribution is 5.76. The Hall–Kier alpha value is -3.60. The van der Waals surface area contributed by atoms with Crippen molar-refractivity contribution < 1.29 is 9.21 Å². The summed E-state index contributed by atoms with van der Waals surface area (Å²) in [5.74, 6) is 1.60. The van der Waals surface area contributed by atoms with Gasteiger partial charge >= 0.3 is 0 Å². The molecule has 5 nitrogen and oxygen atoms in total. The van der Waals surface area contributed by atoms with E-state index in [0.29, 0.717) is 19.4 Å². The van der Waals surface area contributed by atoms with Crippen LogP contribution in [-0.2, 0) is 17.8 Å². The molecule has 0 aliphatic carbocycles. The summed E-state index contributed by atoms with van der Waals surface area (Å²) in [6.07, 6.45) is 3.02. The van der Waals surface area contributed by atoms with Crippen LogP contribution in [0.4, 0.5) is 0 Å². The first-order valence-electron chi connectivity index (χ1n) is 10.1. The monoisotopic (exact) mass is 399 g/mol. The molecule has 0 saturated heterocycles. The maximum Gasteiger partial charge on any atom is 0.220 e. The molecule has 0 bridgehead atoms. The molecule has 152 valence electrons. The summed E-state index contributed by atoms with van der Waals surface area (Å²) in [7, 11) is 0. The van der Waals surface area contributed by atoms with Crippen LogP contribution in [0, 0.1) is 13.8 Å². The Kier molecular flexibility index (Phi) is 5.80. The molecule has 30 heavy (non-hydrogen) atoms. The molecular formula is C25H25N3O2. The van der Waals surface area contributed by atoms with Crippen molar-refractivity contribution in [3.63, 3.8) is 0 Å². The lowest BCUT2D eigenvalue weighted by molar-refractivity contribution is -0.121. The second-order valence-corrected chi connectivity index (χ2v) is 7.44. The summed E-state index contributed by atoms with van der Waals surface area (Å²) in [5, 5.41) is 7.75. The number of hydrogen-bond acceptors (Lipinski definition) is 3. The van der Waals surface area contributed by atoms with E-state index in [1.54, 1.807) is 0 Å². The van der Waals surface area contributed by atoms with Crippen molar-refractivity contribution in [1.82, 2.24) is 15.1 Å². The summed E-state index contributed by atoms with van der Waals surface area (Å²) in [5.41, 5.74) is 5.21. The van der Waals surface area contributed by atoms with E-state index < -0.39 is 0 Å². The van der Waals surface area contributed by atoms with Gasteiger partial charge in [-0.2, -0.15) is 5.10 Å². The van der Waals surface area contributed by atoms with Gasteiger partial charge in [0.1, 0.15) is 11.5 Å². The molecule has 1 N–H and O–H groups in total. The van der Waals surface area contributed by atoms with Crippen molar-refractivity contribution in [2.24, 2.45) is 0 Å². The molecule has 1 amide bonds. The topological polar surface area (TPSA) is 60.1 Å². The molecule has 2 aromatic carbocycles. The van der Waals surface area contributed by atoms with Gasteiger partial charge in [0, 0.05) is 18.2 Å². The first-order chi connectivity index (χ1) is 14.6. The summed E-state index contributed by atoms with van der Waals surface area (Å²) in [4.78, 5) is 12.4. The third-order valence-corrected chi connectivity index (χ3v) is 5.01. The van der Waals surface area contributed by atoms with Crippen LogP contribution in [0.25, 0.3) is 16.9 Å². The third kappa shape index (κ3) is 4.69. The van der Waals surface area contributed by atoms with Gasteiger partial charge in [0.25, 0.3) is 0 Å². The highest BCUT2D eigenvalue weighted by Gasteiger charge is 2.14. The van der Waals surface area contributed by atoms with E-state index in [-0.39, 0.29) is 5.91 Å². The molecular weight excluding hydrogens is 374 g/mol. The molecule has 0 saturated carbocycles. The van der Waals surface area contributed by atoms with Crippen molar-refractivity contribution in [3.05, 3.63) is 95.6 Å². The van der Waals surface area contributed by atoms with Crippen molar-refractivity contribution >= 4 is 5.91 Å². The SMILES string of the molecule is Cc1ccc(-c2nn(-c3ccccc3)cc2CCC(=O)NCc2ccc(C)o2)cc1. The molecule has 0 aliphatic heterocycles. The number of nitrogens with one attached hydrogen (secondary N) is 1. The number of benzene rings is 2. The van der Waals surface area contributed by atoms with Crippen molar-refractivity contribution in [2.45, 2.75) is 33.2 Å². The minimum absolute atomic E-state index is 0.00799. The Morgan fingerprint density at radius 3 is 2.47 bits per heavy atom. The first kappa shape index (κ1) is 19.7. The summed E-state index contributed by atoms with van der Waals surface area (Å²) >= 11 is 0. The van der Waals surface area contributed by atoms with Crippen molar-refractivity contribution in [2.75, 3.05) is 0 Å². The van der Waals surface area contributed by atoms with Crippen LogP contribution in [-0.4, -0.2) is 15.7 Å². The van der Waals surface area contributed by atoms with Gasteiger partial charge in [0.2, 0.25) is 5.91 Å². The first-order valence-corrected chi connectivity index (χ1v) is 10.1. The lowest BCUT2D eigenvalue weighted by atomic mass is 10.0. The normalized spacial score (nSPS) is 10.9. The van der Waals surface area contributed by atoms with Gasteiger partial charge in [-0.1, -0.05) is 48.0 Å². The van der Waals surface area contributed by atoms with Gasteiger partial charge in [0.15, 0.2) is 0 Å². The molecule has 2 aromatic heterocycles. The van der Waals surface area contributed by atoms with E-state index in [2.05, 4.69) is 36.5 Å². The highest BCUT2D eigenvalue weighted by Crippen LogP contribution is 2.25. The fraction of sp³-hybridized carbons (Fsp3) is 0.200. The number of nitrogens with zero attached hydrogens (tertiary/aromatic N) is 2. The minimum atomic E-state index is -0.00799. The lowest BCUT2D eigenvalue weighted by Crippen LogP contribution is -2.22. The molecule has 4 rings (SSSR count). The summed E-state index contributed by atoms with van der Waals surface area (Å²) in [6.45, 7) is 4.36. The largest absolute Gasteiger partial charge is 0.465 e. The van der Waals surface area contributed by atoms with Crippen LogP contribution in [0.1, 0.15) is 29.1 Å². The van der Waals surface area contributed by atoms with Crippen LogP contribution < -0.4 is 5.32 Å². The molecule has 0 atom stereocenters. The maximum atomic E-state index is 12.4. The lowest BCUT2D eigenvalue weighted by Gasteiger charge is -2.05. The van der Waals surface area contributed by atoms with Crippen LogP contribution in [0.3, 0.4) is 0 Å². The van der Waals surface area contributed by atoms with Crippen LogP contribution in [0.2, 0.25) is 0 Å². The van der Waals surface area contributed by atoms with Crippen molar-refractivity contribution in [1.29, 1.82) is 0 Å². The van der Waals surface area contributed by atoms with E-state index in [1.165, 1.54) is 5.56 Å². The number of hydrogen-bond donors (Lipinski definition) is 1. The Labute approximate surface area is 176 Å². The zero-order valence-electron chi connectivity index (χ0n) is 17.3. The fourth-order valence-electron chi connectivity index (χ4n) is 3.36. The Morgan fingerprint density at radius 2 is 1.77 bits per heavy atom. The van der Waals surface area contributed by atoms with Crippen LogP contribution in [0.15, 0.2) is 77.3 Å². The Bertz CT molecular complexity index is 1120. The molecule has 5 heteroatoms. The van der Waals surface area contributed by atoms with Gasteiger partial charge < -0.3 is 9.73 Å². The fourth-order valence-corrected chi connectivity index (χ4v) is 3.36. The van der Waals surface area contributed by atoms with E-state index in [4.69, 9.17) is 9.52 Å². The molecule has 0 unspecified atom stereocenters. The number of rotatable bonds is 7. The molecule has 0 spiro atoms. The zero-order valence-corrected chi connectivity index (χ0v) is 17.3. The Balaban J connectivity index is 1.51. The van der Waals surface area contributed by atoms with Gasteiger partial charge in [-0.15, -0.1) is 0 Å². The zero-order chi connectivity index (χ0) is 20.9. The number of carbonyl (C=O) groups excluding carboxylic acids is 1. The maximum absolute atomic E-state index is 12.4. The average Bonchev–Trinajstić information content (AvgIpc) is 3.38. The van der Waals surface area contributed by atoms with Gasteiger partial charge in [-0.3, -0.25) is 4.79 Å². The number of para-hydroxylation sites is 1. The Morgan fingerprint density at radius 1 is 1.00 bits per heavy atom. The summed E-state index contributed by atoms with van der Waals surface area (Å²) < 4.78 is 7.39. The second-order valence-electron chi connectivity index (χ2n) is 7.44. The molecule has 0 aliphatic rings. The quantitative estimate of drug-likeness (QED) is 0.476. The molecule has 2 heterocycles. The third-order valence-electron chi connectivity index (χ3n) is 5.01. The van der Waals surface area contributed by atoms with E-state index in [1.807, 2.05) is 60.3 Å². The van der Waals surface area contributed by atoms with E-state index >= 15 is 0 Å². The standard InChI is InChI=1S/C25H25N3O2/c1-18-8-11-20(12-9-18)25-21(17-28(27-25)22-6-4-3-5-7-22)13-15-24(29)26-16-23-14-10-19(2)30-23/h3-12,14,17H,13,15-16H2,1-2H3,(H,26,29). The van der Waals surface area contributed by atoms with Crippen molar-refractivity contribution in [3.8, 4) is 16.9 Å². The molecule has 0 fully saturated rings. The highest BCUT2D eigenvalue weighted by atomic mass is 16.3. The van der Waals surface area contributed by atoms with E-state index in [0.717, 1.165) is 34.0 Å². The number of furan rings is 1. The average molecular weight is 399 g/mol. The number of aromatic nitrogens is 2. The van der Waals surface area contributed by atoms with Gasteiger partial charge in [-0.05, 0) is 50.1 Å². The smallest absolute Gasteiger partial charge is 0.220 e. The second kappa shape index (κ2) is 8.82. The number of carbonyl (C=O) groups is 1. The predicted molar refractivity (Wildman–Crippen MR) is 117 cm³/mol. The van der Waals surface area contributed by atoms with Crippen LogP contribution in [0.5, 0.6) is 0 Å². The van der Waals surface area contributed by atoms with Gasteiger partial charge in [-0.25, -0.2) is 4.68 Å². The number of amides is 1. The number of aryl methyl sites for hydroxylation is 3. The molecule has 0 radical (unpaired) electrons. The predicted octanol–water partition coefficient (Wildman–Crippen LogP) is 5.00. The van der Waals surface area contributed by atoms with Gasteiger partial charge in [0.05, 0.1) is 17.9 Å². The molecule has 4 aromatic rings.